The first-order valence-corrected chi connectivity index (χ1v) is 25.7. The molecule has 0 unspecified atom stereocenters. The Hall–Kier alpha value is -6.10. The highest BCUT2D eigenvalue weighted by atomic mass is 16.7. The molecule has 2 fully saturated rings. The van der Waals surface area contributed by atoms with Gasteiger partial charge in [0.2, 0.25) is 0 Å². The standard InChI is InChI=1S/C63H68O12/c1-64-53-35-33-52(34-36-53)43-68-57-55(74-62(65-2)60(71-41-50-29-17-7-18-30-50)58(57)69-39-48-25-13-5-14-26-48)45-73-63-61(72-42-51-31-19-8-20-32-51)59(70-40-49-27-15-6-16-28-49)56(67-38-47-23-11-4-12-24-47)54(75-63)44-66-37-46-21-9-3-10-22-46/h3-36,54-63H,37-45H2,1-2H3/t54-,55-,56-,57-,58+,59+,60-,61-,62+,63-/m1/s1. The van der Waals surface area contributed by atoms with Gasteiger partial charge in [0.25, 0.3) is 0 Å². The molecule has 0 radical (unpaired) electrons. The minimum atomic E-state index is -1.01. The van der Waals surface area contributed by atoms with E-state index in [1.54, 1.807) is 14.2 Å². The van der Waals surface area contributed by atoms with Crippen LogP contribution in [0.15, 0.2) is 206 Å². The summed E-state index contributed by atoms with van der Waals surface area (Å²) in [6, 6.07) is 68.0. The van der Waals surface area contributed by atoms with E-state index in [4.69, 9.17) is 56.8 Å². The smallest absolute Gasteiger partial charge is 0.187 e. The van der Waals surface area contributed by atoms with Crippen molar-refractivity contribution in [3.8, 4) is 5.75 Å². The van der Waals surface area contributed by atoms with E-state index in [2.05, 4.69) is 0 Å². The van der Waals surface area contributed by atoms with Gasteiger partial charge in [-0.2, -0.15) is 0 Å². The van der Waals surface area contributed by atoms with Crippen molar-refractivity contribution in [2.45, 2.75) is 108 Å². The average Bonchev–Trinajstić information content (AvgIpc) is 3.47. The van der Waals surface area contributed by atoms with Gasteiger partial charge < -0.3 is 56.8 Å². The maximum Gasteiger partial charge on any atom is 0.187 e. The summed E-state index contributed by atoms with van der Waals surface area (Å²) in [7, 11) is 3.25. The van der Waals surface area contributed by atoms with E-state index in [-0.39, 0.29) is 46.2 Å². The van der Waals surface area contributed by atoms with Gasteiger partial charge >= 0.3 is 0 Å². The maximum absolute atomic E-state index is 7.11. The minimum Gasteiger partial charge on any atom is -0.497 e. The van der Waals surface area contributed by atoms with E-state index in [9.17, 15) is 0 Å². The number of hydrogen-bond donors (Lipinski definition) is 0. The van der Waals surface area contributed by atoms with E-state index >= 15 is 0 Å². The Labute approximate surface area is 441 Å². The molecule has 10 atom stereocenters. The molecule has 2 aliphatic heterocycles. The highest BCUT2D eigenvalue weighted by Gasteiger charge is 2.52. The Morgan fingerprint density at radius 3 is 0.973 bits per heavy atom. The summed E-state index contributed by atoms with van der Waals surface area (Å²) in [5, 5.41) is 0. The van der Waals surface area contributed by atoms with E-state index in [1.165, 1.54) is 0 Å². The molecule has 0 N–H and O–H groups in total. The summed E-state index contributed by atoms with van der Waals surface area (Å²) in [5.41, 5.74) is 6.90. The zero-order valence-electron chi connectivity index (χ0n) is 42.7. The summed E-state index contributed by atoms with van der Waals surface area (Å²) < 4.78 is 80.8. The van der Waals surface area contributed by atoms with Crippen molar-refractivity contribution in [1.82, 2.24) is 0 Å². The third-order valence-electron chi connectivity index (χ3n) is 13.3. The normalized spacial score (nSPS) is 23.7. The van der Waals surface area contributed by atoms with E-state index < -0.39 is 61.4 Å². The molecule has 7 aromatic carbocycles. The fourth-order valence-corrected chi connectivity index (χ4v) is 9.29. The topological polar surface area (TPSA) is 111 Å². The fraction of sp³-hybridized carbons (Fsp3) is 0.333. The van der Waals surface area contributed by atoms with Crippen LogP contribution in [0.25, 0.3) is 0 Å². The predicted octanol–water partition coefficient (Wildman–Crippen LogP) is 10.8. The SMILES string of the molecule is COc1ccc(CO[C@H]2[C@H](OCc3ccccc3)[C@@H](OCc3ccccc3)[C@@H](OC)O[C@@H]2CO[C@@H]2O[C@H](COCc3ccccc3)[C@@H](OCc3ccccc3)[C@H](OCc3ccccc3)[C@H]2OCc2ccccc2)cc1. The van der Waals surface area contributed by atoms with Crippen LogP contribution in [0.5, 0.6) is 5.75 Å². The molecule has 0 aromatic heterocycles. The molecule has 0 saturated carbocycles. The van der Waals surface area contributed by atoms with Gasteiger partial charge in [-0.1, -0.05) is 194 Å². The van der Waals surface area contributed by atoms with Crippen LogP contribution in [0.1, 0.15) is 38.9 Å². The summed E-state index contributed by atoms with van der Waals surface area (Å²) in [4.78, 5) is 0. The van der Waals surface area contributed by atoms with Crippen molar-refractivity contribution >= 4 is 0 Å². The van der Waals surface area contributed by atoms with Crippen molar-refractivity contribution in [1.29, 1.82) is 0 Å². The highest BCUT2D eigenvalue weighted by molar-refractivity contribution is 5.27. The molecule has 0 aliphatic carbocycles. The third-order valence-corrected chi connectivity index (χ3v) is 13.3. The van der Waals surface area contributed by atoms with Crippen LogP contribution in [0, 0.1) is 0 Å². The van der Waals surface area contributed by atoms with Gasteiger partial charge in [0, 0.05) is 7.11 Å². The largest absolute Gasteiger partial charge is 0.497 e. The summed E-state index contributed by atoms with van der Waals surface area (Å²) >= 11 is 0. The molecule has 7 aromatic rings. The van der Waals surface area contributed by atoms with Crippen LogP contribution in [-0.4, -0.2) is 88.8 Å². The molecule has 12 nitrogen and oxygen atoms in total. The number of rotatable bonds is 27. The van der Waals surface area contributed by atoms with Crippen LogP contribution in [0.2, 0.25) is 0 Å². The van der Waals surface area contributed by atoms with Gasteiger partial charge in [-0.15, -0.1) is 0 Å². The monoisotopic (exact) mass is 1020 g/mol. The third kappa shape index (κ3) is 15.7. The lowest BCUT2D eigenvalue weighted by Crippen LogP contribution is -2.64. The van der Waals surface area contributed by atoms with Crippen molar-refractivity contribution in [3.63, 3.8) is 0 Å². The zero-order valence-corrected chi connectivity index (χ0v) is 42.7. The van der Waals surface area contributed by atoms with Gasteiger partial charge in [0.1, 0.15) is 54.6 Å². The second kappa shape index (κ2) is 28.7. The molecule has 9 rings (SSSR count). The van der Waals surface area contributed by atoms with Gasteiger partial charge in [-0.3, -0.25) is 0 Å². The van der Waals surface area contributed by atoms with Crippen LogP contribution >= 0.6 is 0 Å². The number of hydrogen-bond acceptors (Lipinski definition) is 12. The summed E-state index contributed by atoms with van der Waals surface area (Å²) in [6.45, 7) is 2.11. The molecule has 0 amide bonds. The Bertz CT molecular complexity index is 2630. The second-order valence-corrected chi connectivity index (χ2v) is 18.6. The molecule has 12 heteroatoms. The molecular formula is C63H68O12. The first kappa shape index (κ1) is 53.7. The zero-order chi connectivity index (χ0) is 51.3. The quantitative estimate of drug-likeness (QED) is 0.0489. The van der Waals surface area contributed by atoms with Gasteiger partial charge in [0.15, 0.2) is 12.6 Å². The molecular weight excluding hydrogens is 949 g/mol. The van der Waals surface area contributed by atoms with E-state index in [0.717, 1.165) is 44.7 Å². The van der Waals surface area contributed by atoms with Crippen molar-refractivity contribution in [2.75, 3.05) is 27.4 Å². The molecule has 0 bridgehead atoms. The van der Waals surface area contributed by atoms with Crippen molar-refractivity contribution in [3.05, 3.63) is 245 Å². The first-order chi connectivity index (χ1) is 37.1. The highest BCUT2D eigenvalue weighted by Crippen LogP contribution is 2.35. The lowest BCUT2D eigenvalue weighted by atomic mass is 9.96. The lowest BCUT2D eigenvalue weighted by Gasteiger charge is -2.48. The molecule has 392 valence electrons. The Morgan fingerprint density at radius 1 is 0.293 bits per heavy atom. The number of ether oxygens (including phenoxy) is 12. The van der Waals surface area contributed by atoms with Gasteiger partial charge in [-0.05, 0) is 51.1 Å². The Kier molecular flexibility index (Phi) is 20.6. The van der Waals surface area contributed by atoms with E-state index in [1.807, 2.05) is 206 Å². The van der Waals surface area contributed by atoms with Crippen LogP contribution in [0.4, 0.5) is 0 Å². The first-order valence-electron chi connectivity index (χ1n) is 25.7. The van der Waals surface area contributed by atoms with Gasteiger partial charge in [0.05, 0.1) is 66.6 Å². The molecule has 75 heavy (non-hydrogen) atoms. The predicted molar refractivity (Wildman–Crippen MR) is 283 cm³/mol. The Morgan fingerprint density at radius 2 is 0.600 bits per heavy atom. The number of benzene rings is 7. The van der Waals surface area contributed by atoms with Crippen molar-refractivity contribution < 1.29 is 56.8 Å². The molecule has 2 aliphatic rings. The van der Waals surface area contributed by atoms with Gasteiger partial charge in [-0.25, -0.2) is 0 Å². The lowest BCUT2D eigenvalue weighted by molar-refractivity contribution is -0.351. The number of methoxy groups -OCH3 is 2. The summed E-state index contributed by atoms with van der Waals surface area (Å²) in [5.74, 6) is 0.742. The van der Waals surface area contributed by atoms with Crippen LogP contribution in [-0.2, 0) is 98.4 Å². The molecule has 0 spiro atoms. The fourth-order valence-electron chi connectivity index (χ4n) is 9.29. The maximum atomic E-state index is 7.11. The van der Waals surface area contributed by atoms with Crippen molar-refractivity contribution in [2.24, 2.45) is 0 Å². The summed E-state index contributed by atoms with van der Waals surface area (Å²) in [6.07, 6.45) is -7.67. The molecule has 2 heterocycles. The molecule has 2 saturated heterocycles. The Balaban J connectivity index is 1.05. The van der Waals surface area contributed by atoms with Crippen LogP contribution in [0.3, 0.4) is 0 Å². The van der Waals surface area contributed by atoms with Crippen LogP contribution < -0.4 is 4.74 Å². The van der Waals surface area contributed by atoms with E-state index in [0.29, 0.717) is 13.2 Å². The second-order valence-electron chi connectivity index (χ2n) is 18.6. The minimum absolute atomic E-state index is 0.0296. The average molecular weight is 1020 g/mol.